The molecule has 1 fully saturated rings. The van der Waals surface area contributed by atoms with Gasteiger partial charge in [-0.3, -0.25) is 9.69 Å². The van der Waals surface area contributed by atoms with E-state index in [1.54, 1.807) is 25.3 Å². The van der Waals surface area contributed by atoms with Crippen LogP contribution < -0.4 is 14.8 Å². The quantitative estimate of drug-likeness (QED) is 0.779. The number of hydrogen-bond donors (Lipinski definition) is 1. The minimum absolute atomic E-state index is 0.0149. The number of nitrogens with zero attached hydrogens (tertiary/aromatic N) is 1. The first-order chi connectivity index (χ1) is 12.0. The Bertz CT molecular complexity index is 556. The lowest BCUT2D eigenvalue weighted by Gasteiger charge is -2.29. The summed E-state index contributed by atoms with van der Waals surface area (Å²) < 4.78 is 16.4. The molecule has 2 rings (SSSR count). The fourth-order valence-electron chi connectivity index (χ4n) is 2.82. The molecule has 0 bridgehead atoms. The minimum atomic E-state index is -0.118. The van der Waals surface area contributed by atoms with Gasteiger partial charge in [-0.25, -0.2) is 0 Å². The van der Waals surface area contributed by atoms with Gasteiger partial charge in [0.2, 0.25) is 0 Å². The van der Waals surface area contributed by atoms with Crippen LogP contribution >= 0.6 is 0 Å². The van der Waals surface area contributed by atoms with Crippen molar-refractivity contribution in [3.8, 4) is 11.5 Å². The zero-order valence-electron chi connectivity index (χ0n) is 15.7. The molecule has 0 spiro atoms. The molecule has 25 heavy (non-hydrogen) atoms. The van der Waals surface area contributed by atoms with Gasteiger partial charge >= 0.3 is 0 Å². The van der Waals surface area contributed by atoms with Crippen molar-refractivity contribution in [2.24, 2.45) is 5.92 Å². The van der Waals surface area contributed by atoms with Crippen LogP contribution in [0.1, 0.15) is 31.1 Å². The largest absolute Gasteiger partial charge is 0.497 e. The monoisotopic (exact) mass is 350 g/mol. The maximum Gasteiger partial charge on any atom is 0.255 e. The molecule has 0 aliphatic carbocycles. The molecule has 0 saturated carbocycles. The van der Waals surface area contributed by atoms with Crippen LogP contribution in [0.15, 0.2) is 18.2 Å². The third-order valence-corrected chi connectivity index (χ3v) is 4.08. The van der Waals surface area contributed by atoms with Gasteiger partial charge in [0, 0.05) is 32.2 Å². The van der Waals surface area contributed by atoms with Crippen LogP contribution in [0.2, 0.25) is 0 Å². The zero-order valence-corrected chi connectivity index (χ0v) is 15.7. The summed E-state index contributed by atoms with van der Waals surface area (Å²) >= 11 is 0. The van der Waals surface area contributed by atoms with E-state index in [4.69, 9.17) is 14.2 Å². The predicted molar refractivity (Wildman–Crippen MR) is 97.5 cm³/mol. The summed E-state index contributed by atoms with van der Waals surface area (Å²) in [4.78, 5) is 15.0. The second-order valence-corrected chi connectivity index (χ2v) is 6.76. The highest BCUT2D eigenvalue weighted by Gasteiger charge is 2.17. The van der Waals surface area contributed by atoms with Crippen molar-refractivity contribution in [1.29, 1.82) is 0 Å². The molecule has 1 aliphatic rings. The fourth-order valence-corrected chi connectivity index (χ4v) is 2.82. The molecule has 1 N–H and O–H groups in total. The smallest absolute Gasteiger partial charge is 0.255 e. The molecule has 6 nitrogen and oxygen atoms in total. The number of benzene rings is 1. The van der Waals surface area contributed by atoms with Gasteiger partial charge in [-0.15, -0.1) is 0 Å². The number of hydrogen-bond acceptors (Lipinski definition) is 5. The number of carbonyl (C=O) groups excluding carboxylic acids is 1. The van der Waals surface area contributed by atoms with Crippen molar-refractivity contribution in [3.63, 3.8) is 0 Å². The molecule has 0 radical (unpaired) electrons. The molecule has 1 saturated heterocycles. The van der Waals surface area contributed by atoms with E-state index in [2.05, 4.69) is 17.1 Å². The maximum absolute atomic E-state index is 12.6. The van der Waals surface area contributed by atoms with Gasteiger partial charge in [0.15, 0.2) is 0 Å². The molecule has 1 aromatic rings. The summed E-state index contributed by atoms with van der Waals surface area (Å²) in [6, 6.07) is 5.28. The lowest BCUT2D eigenvalue weighted by Crippen LogP contribution is -2.41. The Hall–Kier alpha value is -1.79. The number of amides is 1. The summed E-state index contributed by atoms with van der Waals surface area (Å²) in [7, 11) is 1.60. The van der Waals surface area contributed by atoms with Crippen LogP contribution in [-0.2, 0) is 4.74 Å². The lowest BCUT2D eigenvalue weighted by atomic mass is 10.1. The first kappa shape index (κ1) is 19.5. The van der Waals surface area contributed by atoms with Crippen LogP contribution in [0.25, 0.3) is 0 Å². The summed E-state index contributed by atoms with van der Waals surface area (Å²) in [5.74, 6) is 1.47. The summed E-state index contributed by atoms with van der Waals surface area (Å²) in [6.45, 7) is 11.1. The Balaban J connectivity index is 1.92. The molecule has 1 atom stereocenters. The van der Waals surface area contributed by atoms with Gasteiger partial charge in [0.25, 0.3) is 5.91 Å². The van der Waals surface area contributed by atoms with E-state index >= 15 is 0 Å². The van der Waals surface area contributed by atoms with Crippen LogP contribution in [0.5, 0.6) is 11.5 Å². The van der Waals surface area contributed by atoms with Crippen LogP contribution in [-0.4, -0.2) is 63.4 Å². The summed E-state index contributed by atoms with van der Waals surface area (Å²) in [5.41, 5.74) is 0.535. The van der Waals surface area contributed by atoms with Crippen molar-refractivity contribution >= 4 is 5.91 Å². The van der Waals surface area contributed by atoms with Gasteiger partial charge < -0.3 is 19.5 Å². The minimum Gasteiger partial charge on any atom is -0.497 e. The SMILES string of the molecule is COc1ccc(C(=O)NCC(C)CN2CCOCC2)c(OC(C)C)c1. The molecular weight excluding hydrogens is 320 g/mol. The second kappa shape index (κ2) is 9.63. The number of methoxy groups -OCH3 is 1. The van der Waals surface area contributed by atoms with Crippen molar-refractivity contribution in [3.05, 3.63) is 23.8 Å². The fraction of sp³-hybridized carbons (Fsp3) is 0.632. The standard InChI is InChI=1S/C19H30N2O4/c1-14(2)25-18-11-16(23-4)5-6-17(18)19(22)20-12-15(3)13-21-7-9-24-10-8-21/h5-6,11,14-15H,7-10,12-13H2,1-4H3,(H,20,22). The van der Waals surface area contributed by atoms with E-state index in [1.807, 2.05) is 13.8 Å². The van der Waals surface area contributed by atoms with Crippen LogP contribution in [0.4, 0.5) is 0 Å². The molecule has 1 aliphatic heterocycles. The Morgan fingerprint density at radius 3 is 2.64 bits per heavy atom. The van der Waals surface area contributed by atoms with Crippen molar-refractivity contribution in [1.82, 2.24) is 10.2 Å². The number of morpholine rings is 1. The highest BCUT2D eigenvalue weighted by Crippen LogP contribution is 2.26. The zero-order chi connectivity index (χ0) is 18.2. The Labute approximate surface area is 150 Å². The van der Waals surface area contributed by atoms with Gasteiger partial charge in [0.1, 0.15) is 11.5 Å². The number of ether oxygens (including phenoxy) is 3. The third-order valence-electron chi connectivity index (χ3n) is 4.08. The van der Waals surface area contributed by atoms with Crippen LogP contribution in [0, 0.1) is 5.92 Å². The second-order valence-electron chi connectivity index (χ2n) is 6.76. The highest BCUT2D eigenvalue weighted by molar-refractivity contribution is 5.97. The van der Waals surface area contributed by atoms with E-state index in [-0.39, 0.29) is 12.0 Å². The van der Waals surface area contributed by atoms with Gasteiger partial charge in [-0.2, -0.15) is 0 Å². The average molecular weight is 350 g/mol. The Kier molecular flexibility index (Phi) is 7.52. The topological polar surface area (TPSA) is 60.0 Å². The van der Waals surface area contributed by atoms with Gasteiger partial charge in [0.05, 0.1) is 32.0 Å². The van der Waals surface area contributed by atoms with E-state index in [1.165, 1.54) is 0 Å². The Morgan fingerprint density at radius 2 is 2.00 bits per heavy atom. The molecule has 1 aromatic carbocycles. The van der Waals surface area contributed by atoms with Gasteiger partial charge in [-0.1, -0.05) is 6.92 Å². The number of nitrogens with one attached hydrogen (secondary N) is 1. The van der Waals surface area contributed by atoms with Crippen LogP contribution in [0.3, 0.4) is 0 Å². The maximum atomic E-state index is 12.6. The van der Waals surface area contributed by atoms with Crippen molar-refractivity contribution < 1.29 is 19.0 Å². The predicted octanol–water partition coefficient (Wildman–Crippen LogP) is 2.18. The average Bonchev–Trinajstić information content (AvgIpc) is 2.60. The van der Waals surface area contributed by atoms with Crippen molar-refractivity contribution in [2.75, 3.05) is 46.5 Å². The number of carbonyl (C=O) groups is 1. The molecular formula is C19H30N2O4. The lowest BCUT2D eigenvalue weighted by molar-refractivity contribution is 0.0317. The van der Waals surface area contributed by atoms with E-state index in [9.17, 15) is 4.79 Å². The summed E-state index contributed by atoms with van der Waals surface area (Å²) in [5, 5.41) is 3.02. The number of rotatable bonds is 8. The molecule has 1 heterocycles. The Morgan fingerprint density at radius 1 is 1.28 bits per heavy atom. The normalized spacial score (nSPS) is 16.5. The van der Waals surface area contributed by atoms with E-state index in [0.29, 0.717) is 29.5 Å². The first-order valence-electron chi connectivity index (χ1n) is 8.92. The van der Waals surface area contributed by atoms with E-state index in [0.717, 1.165) is 32.8 Å². The van der Waals surface area contributed by atoms with Crippen molar-refractivity contribution in [2.45, 2.75) is 26.9 Å². The molecule has 1 amide bonds. The van der Waals surface area contributed by atoms with Gasteiger partial charge in [-0.05, 0) is 31.9 Å². The summed E-state index contributed by atoms with van der Waals surface area (Å²) in [6.07, 6.45) is -0.0149. The third kappa shape index (κ3) is 6.21. The molecule has 140 valence electrons. The molecule has 6 heteroatoms. The van der Waals surface area contributed by atoms with E-state index < -0.39 is 0 Å². The molecule has 0 aromatic heterocycles. The molecule has 1 unspecified atom stereocenters. The highest BCUT2D eigenvalue weighted by atomic mass is 16.5. The first-order valence-corrected chi connectivity index (χ1v) is 8.92.